The topological polar surface area (TPSA) is 47.0 Å². The van der Waals surface area contributed by atoms with Crippen LogP contribution in [0, 0.1) is 6.92 Å². The third-order valence-electron chi connectivity index (χ3n) is 2.87. The van der Waals surface area contributed by atoms with Crippen LogP contribution in [0.25, 0.3) is 0 Å². The number of hydrogen-bond acceptors (Lipinski definition) is 4. The molecule has 0 fully saturated rings. The number of anilines is 1. The lowest BCUT2D eigenvalue weighted by Gasteiger charge is -2.09. The lowest BCUT2D eigenvalue weighted by atomic mass is 10.2. The third-order valence-corrected chi connectivity index (χ3v) is 2.87. The molecule has 0 aliphatic carbocycles. The van der Waals surface area contributed by atoms with Crippen molar-refractivity contribution in [3.63, 3.8) is 0 Å². The Hall–Kier alpha value is -1.32. The molecule has 0 radical (unpaired) electrons. The van der Waals surface area contributed by atoms with Crippen LogP contribution < -0.4 is 10.1 Å². The molecule has 0 unspecified atom stereocenters. The van der Waals surface area contributed by atoms with Crippen LogP contribution in [-0.2, 0) is 0 Å². The molecule has 4 nitrogen and oxygen atoms in total. The molecule has 1 aromatic heterocycles. The Bertz CT molecular complexity index is 355. The highest BCUT2D eigenvalue weighted by Gasteiger charge is 2.02. The summed E-state index contributed by atoms with van der Waals surface area (Å²) in [6, 6.07) is 1.88. The maximum Gasteiger partial charge on any atom is 0.218 e. The van der Waals surface area contributed by atoms with Crippen LogP contribution >= 0.6 is 0 Å². The number of hydrogen-bond donors (Lipinski definition) is 1. The normalized spacial score (nSPS) is 10.5. The first-order chi connectivity index (χ1) is 9.26. The maximum absolute atomic E-state index is 5.70. The Kier molecular flexibility index (Phi) is 7.94. The van der Waals surface area contributed by atoms with E-state index < -0.39 is 0 Å². The van der Waals surface area contributed by atoms with Crippen molar-refractivity contribution in [1.82, 2.24) is 9.97 Å². The lowest BCUT2D eigenvalue weighted by Crippen LogP contribution is -2.06. The quantitative estimate of drug-likeness (QED) is 0.651. The predicted octanol–water partition coefficient (Wildman–Crippen LogP) is 3.96. The minimum absolute atomic E-state index is 0.682. The van der Waals surface area contributed by atoms with Gasteiger partial charge in [-0.3, -0.25) is 0 Å². The molecule has 108 valence electrons. The number of ether oxygens (including phenoxy) is 1. The van der Waals surface area contributed by atoms with Crippen molar-refractivity contribution in [2.24, 2.45) is 0 Å². The zero-order valence-corrected chi connectivity index (χ0v) is 12.5. The van der Waals surface area contributed by atoms with Crippen molar-refractivity contribution in [2.45, 2.75) is 59.3 Å². The molecule has 0 bridgehead atoms. The molecular formula is C15H27N3O. The van der Waals surface area contributed by atoms with Gasteiger partial charge in [-0.25, -0.2) is 4.98 Å². The van der Waals surface area contributed by atoms with E-state index in [1.54, 1.807) is 0 Å². The highest BCUT2D eigenvalue weighted by Crippen LogP contribution is 2.14. The monoisotopic (exact) mass is 265 g/mol. The second-order valence-electron chi connectivity index (χ2n) is 4.83. The summed E-state index contributed by atoms with van der Waals surface area (Å²) in [4.78, 5) is 8.64. The smallest absolute Gasteiger partial charge is 0.218 e. The summed E-state index contributed by atoms with van der Waals surface area (Å²) in [7, 11) is 0. The minimum atomic E-state index is 0.682. The van der Waals surface area contributed by atoms with Gasteiger partial charge in [0, 0.05) is 12.6 Å². The van der Waals surface area contributed by atoms with Gasteiger partial charge in [0.1, 0.15) is 11.6 Å². The van der Waals surface area contributed by atoms with Crippen LogP contribution in [0.5, 0.6) is 5.88 Å². The van der Waals surface area contributed by atoms with Crippen LogP contribution in [0.3, 0.4) is 0 Å². The average molecular weight is 265 g/mol. The summed E-state index contributed by atoms with van der Waals surface area (Å²) in [6.45, 7) is 7.92. The SMILES string of the molecule is CCCCCCCOc1cc(NCCC)nc(C)n1. The van der Waals surface area contributed by atoms with Crippen LogP contribution in [-0.4, -0.2) is 23.1 Å². The van der Waals surface area contributed by atoms with Crippen molar-refractivity contribution in [2.75, 3.05) is 18.5 Å². The number of aryl methyl sites for hydroxylation is 1. The molecule has 1 heterocycles. The number of nitrogens with zero attached hydrogens (tertiary/aromatic N) is 2. The van der Waals surface area contributed by atoms with E-state index >= 15 is 0 Å². The fourth-order valence-corrected chi connectivity index (χ4v) is 1.84. The zero-order chi connectivity index (χ0) is 13.9. The molecule has 0 aromatic carbocycles. The van der Waals surface area contributed by atoms with E-state index in [2.05, 4.69) is 29.1 Å². The van der Waals surface area contributed by atoms with Gasteiger partial charge in [0.05, 0.1) is 6.61 Å². The van der Waals surface area contributed by atoms with Gasteiger partial charge in [-0.1, -0.05) is 39.5 Å². The molecule has 1 rings (SSSR count). The molecule has 1 aromatic rings. The van der Waals surface area contributed by atoms with E-state index in [1.807, 2.05) is 13.0 Å². The summed E-state index contributed by atoms with van der Waals surface area (Å²) >= 11 is 0. The van der Waals surface area contributed by atoms with Gasteiger partial charge in [0.2, 0.25) is 5.88 Å². The number of aromatic nitrogens is 2. The molecule has 1 N–H and O–H groups in total. The van der Waals surface area contributed by atoms with Gasteiger partial charge >= 0.3 is 0 Å². The van der Waals surface area contributed by atoms with Crippen molar-refractivity contribution >= 4 is 5.82 Å². The molecule has 0 saturated carbocycles. The summed E-state index contributed by atoms with van der Waals surface area (Å²) in [5.41, 5.74) is 0. The van der Waals surface area contributed by atoms with Crippen molar-refractivity contribution in [3.8, 4) is 5.88 Å². The van der Waals surface area contributed by atoms with Crippen LogP contribution in [0.2, 0.25) is 0 Å². The average Bonchev–Trinajstić information content (AvgIpc) is 2.40. The number of nitrogens with one attached hydrogen (secondary N) is 1. The Morgan fingerprint density at radius 3 is 2.58 bits per heavy atom. The molecule has 19 heavy (non-hydrogen) atoms. The summed E-state index contributed by atoms with van der Waals surface area (Å²) in [5.74, 6) is 2.29. The van der Waals surface area contributed by atoms with Crippen LogP contribution in [0.4, 0.5) is 5.82 Å². The van der Waals surface area contributed by atoms with Gasteiger partial charge in [0.15, 0.2) is 0 Å². The Labute approximate surface area is 117 Å². The third kappa shape index (κ3) is 6.99. The Balaban J connectivity index is 2.34. The molecule has 0 atom stereocenters. The van der Waals surface area contributed by atoms with Crippen molar-refractivity contribution < 1.29 is 4.74 Å². The van der Waals surface area contributed by atoms with Crippen LogP contribution in [0.15, 0.2) is 6.07 Å². The summed E-state index contributed by atoms with van der Waals surface area (Å²) in [5, 5.41) is 3.26. The zero-order valence-electron chi connectivity index (χ0n) is 12.5. The van der Waals surface area contributed by atoms with Gasteiger partial charge in [-0.2, -0.15) is 4.98 Å². The van der Waals surface area contributed by atoms with Crippen molar-refractivity contribution in [1.29, 1.82) is 0 Å². The van der Waals surface area contributed by atoms with Gasteiger partial charge in [-0.05, 0) is 19.8 Å². The predicted molar refractivity (Wildman–Crippen MR) is 79.8 cm³/mol. The fourth-order valence-electron chi connectivity index (χ4n) is 1.84. The molecular weight excluding hydrogens is 238 g/mol. The molecule has 0 saturated heterocycles. The number of rotatable bonds is 10. The highest BCUT2D eigenvalue weighted by molar-refractivity contribution is 5.38. The molecule has 0 amide bonds. The molecule has 0 spiro atoms. The Morgan fingerprint density at radius 2 is 1.84 bits per heavy atom. The first kappa shape index (κ1) is 15.7. The molecule has 4 heteroatoms. The Morgan fingerprint density at radius 1 is 1.05 bits per heavy atom. The molecule has 0 aliphatic rings. The number of unbranched alkanes of at least 4 members (excludes halogenated alkanes) is 4. The van der Waals surface area contributed by atoms with E-state index in [4.69, 9.17) is 4.74 Å². The second-order valence-corrected chi connectivity index (χ2v) is 4.83. The van der Waals surface area contributed by atoms with E-state index in [1.165, 1.54) is 25.7 Å². The molecule has 0 aliphatic heterocycles. The van der Waals surface area contributed by atoms with E-state index in [-0.39, 0.29) is 0 Å². The largest absolute Gasteiger partial charge is 0.478 e. The van der Waals surface area contributed by atoms with E-state index in [0.29, 0.717) is 5.88 Å². The highest BCUT2D eigenvalue weighted by atomic mass is 16.5. The van der Waals surface area contributed by atoms with Crippen LogP contribution in [0.1, 0.15) is 58.2 Å². The first-order valence-corrected chi connectivity index (χ1v) is 7.48. The van der Waals surface area contributed by atoms with Gasteiger partial charge < -0.3 is 10.1 Å². The second kappa shape index (κ2) is 9.59. The minimum Gasteiger partial charge on any atom is -0.478 e. The van der Waals surface area contributed by atoms with E-state index in [9.17, 15) is 0 Å². The maximum atomic E-state index is 5.70. The first-order valence-electron chi connectivity index (χ1n) is 7.48. The summed E-state index contributed by atoms with van der Waals surface area (Å²) < 4.78 is 5.70. The fraction of sp³-hybridized carbons (Fsp3) is 0.733. The lowest BCUT2D eigenvalue weighted by molar-refractivity contribution is 0.292. The van der Waals surface area contributed by atoms with Gasteiger partial charge in [-0.15, -0.1) is 0 Å². The van der Waals surface area contributed by atoms with Gasteiger partial charge in [0.25, 0.3) is 0 Å². The van der Waals surface area contributed by atoms with Crippen molar-refractivity contribution in [3.05, 3.63) is 11.9 Å². The summed E-state index contributed by atoms with van der Waals surface area (Å²) in [6.07, 6.45) is 7.30. The van der Waals surface area contributed by atoms with E-state index in [0.717, 1.165) is 37.6 Å². The standard InChI is InChI=1S/C15H27N3O/c1-4-6-7-8-9-11-19-15-12-14(16-10-5-2)17-13(3)18-15/h12H,4-11H2,1-3H3,(H,16,17,18).